The molecule has 5 aromatic rings. The fourth-order valence-corrected chi connectivity index (χ4v) is 3.59. The largest absolute Gasteiger partial charge is 0.392 e. The first-order valence-electron chi connectivity index (χ1n) is 9.84. The summed E-state index contributed by atoms with van der Waals surface area (Å²) in [5, 5.41) is 18.9. The molecular formula is C24H17N7O. The van der Waals surface area contributed by atoms with Crippen molar-refractivity contribution >= 4 is 17.0 Å². The van der Waals surface area contributed by atoms with Gasteiger partial charge in [-0.25, -0.2) is 15.0 Å². The maximum atomic E-state index is 9.49. The van der Waals surface area contributed by atoms with Gasteiger partial charge in [-0.1, -0.05) is 12.1 Å². The van der Waals surface area contributed by atoms with E-state index in [0.717, 1.165) is 11.3 Å². The number of aliphatic hydroxyl groups is 1. The summed E-state index contributed by atoms with van der Waals surface area (Å²) in [6, 6.07) is 18.7. The van der Waals surface area contributed by atoms with Crippen LogP contribution in [0.1, 0.15) is 11.1 Å². The van der Waals surface area contributed by atoms with E-state index in [1.54, 1.807) is 30.7 Å². The molecule has 5 rings (SSSR count). The van der Waals surface area contributed by atoms with Gasteiger partial charge in [-0.3, -0.25) is 9.55 Å². The number of aromatic nitrogens is 5. The Hall–Kier alpha value is -4.61. The van der Waals surface area contributed by atoms with Gasteiger partial charge < -0.3 is 10.8 Å². The fourth-order valence-electron chi connectivity index (χ4n) is 3.59. The number of aliphatic hydroxyl groups excluding tert-OH is 1. The van der Waals surface area contributed by atoms with Crippen molar-refractivity contribution in [1.82, 2.24) is 24.5 Å². The lowest BCUT2D eigenvalue weighted by atomic mass is 10.1. The summed E-state index contributed by atoms with van der Waals surface area (Å²) >= 11 is 0. The van der Waals surface area contributed by atoms with E-state index in [0.29, 0.717) is 45.2 Å². The van der Waals surface area contributed by atoms with E-state index in [2.05, 4.69) is 16.0 Å². The lowest BCUT2D eigenvalue weighted by molar-refractivity contribution is 0.282. The van der Waals surface area contributed by atoms with E-state index in [1.165, 1.54) is 0 Å². The van der Waals surface area contributed by atoms with Gasteiger partial charge in [0.25, 0.3) is 0 Å². The summed E-state index contributed by atoms with van der Waals surface area (Å²) in [4.78, 5) is 18.0. The van der Waals surface area contributed by atoms with Crippen molar-refractivity contribution in [2.75, 3.05) is 5.73 Å². The topological polar surface area (TPSA) is 127 Å². The van der Waals surface area contributed by atoms with Crippen LogP contribution < -0.4 is 5.73 Å². The summed E-state index contributed by atoms with van der Waals surface area (Å²) < 4.78 is 1.90. The number of hydrogen-bond donors (Lipinski definition) is 2. The highest BCUT2D eigenvalue weighted by atomic mass is 16.3. The maximum Gasteiger partial charge on any atom is 0.165 e. The number of nitrogens with zero attached hydrogens (tertiary/aromatic N) is 6. The third-order valence-electron chi connectivity index (χ3n) is 5.18. The predicted octanol–water partition coefficient (Wildman–Crippen LogP) is 3.49. The highest BCUT2D eigenvalue weighted by Gasteiger charge is 2.19. The molecule has 0 spiro atoms. The van der Waals surface area contributed by atoms with Crippen LogP contribution in [0.2, 0.25) is 0 Å². The van der Waals surface area contributed by atoms with Crippen LogP contribution in [-0.2, 0) is 6.61 Å². The molecule has 8 heteroatoms. The van der Waals surface area contributed by atoms with Crippen LogP contribution in [0.25, 0.3) is 39.5 Å². The maximum absolute atomic E-state index is 9.49. The summed E-state index contributed by atoms with van der Waals surface area (Å²) in [5.41, 5.74) is 11.5. The van der Waals surface area contributed by atoms with Gasteiger partial charge in [-0.05, 0) is 48.0 Å². The van der Waals surface area contributed by atoms with Crippen LogP contribution in [0, 0.1) is 11.3 Å². The van der Waals surface area contributed by atoms with Crippen LogP contribution in [-0.4, -0.2) is 29.6 Å². The first-order valence-corrected chi connectivity index (χ1v) is 9.84. The number of pyridine rings is 3. The van der Waals surface area contributed by atoms with Crippen molar-refractivity contribution in [3.05, 3.63) is 84.3 Å². The van der Waals surface area contributed by atoms with Crippen LogP contribution in [0.5, 0.6) is 0 Å². The van der Waals surface area contributed by atoms with Crippen molar-refractivity contribution in [3.8, 4) is 34.4 Å². The van der Waals surface area contributed by atoms with E-state index in [9.17, 15) is 10.4 Å². The minimum atomic E-state index is -0.0479. The molecule has 0 saturated carbocycles. The second kappa shape index (κ2) is 7.91. The van der Waals surface area contributed by atoms with E-state index < -0.39 is 0 Å². The van der Waals surface area contributed by atoms with Crippen LogP contribution in [0.4, 0.5) is 5.82 Å². The fraction of sp³-hybridized carbons (Fsp3) is 0.0417. The minimum Gasteiger partial charge on any atom is -0.392 e. The monoisotopic (exact) mass is 419 g/mol. The zero-order valence-electron chi connectivity index (χ0n) is 16.8. The lowest BCUT2D eigenvalue weighted by Gasteiger charge is -2.11. The molecule has 0 aliphatic carbocycles. The van der Waals surface area contributed by atoms with Crippen LogP contribution in [0.15, 0.2) is 73.2 Å². The third kappa shape index (κ3) is 3.23. The second-order valence-electron chi connectivity index (χ2n) is 7.10. The zero-order valence-corrected chi connectivity index (χ0v) is 16.8. The Bertz CT molecular complexity index is 1480. The van der Waals surface area contributed by atoms with Gasteiger partial charge >= 0.3 is 0 Å². The Morgan fingerprint density at radius 3 is 2.56 bits per heavy atom. The summed E-state index contributed by atoms with van der Waals surface area (Å²) in [5.74, 6) is 0.953. The zero-order chi connectivity index (χ0) is 22.1. The van der Waals surface area contributed by atoms with E-state index in [-0.39, 0.29) is 6.61 Å². The van der Waals surface area contributed by atoms with Crippen LogP contribution >= 0.6 is 0 Å². The highest BCUT2D eigenvalue weighted by molar-refractivity contribution is 5.85. The quantitative estimate of drug-likeness (QED) is 0.456. The summed E-state index contributed by atoms with van der Waals surface area (Å²) in [6.45, 7) is -0.0479. The minimum absolute atomic E-state index is 0.0479. The molecule has 0 atom stereocenters. The first kappa shape index (κ1) is 19.4. The first-order chi connectivity index (χ1) is 15.7. The van der Waals surface area contributed by atoms with E-state index in [4.69, 9.17) is 15.7 Å². The Morgan fingerprint density at radius 2 is 1.81 bits per heavy atom. The van der Waals surface area contributed by atoms with Gasteiger partial charge in [0.1, 0.15) is 11.3 Å². The summed E-state index contributed by atoms with van der Waals surface area (Å²) in [7, 11) is 0. The number of nitrogen functional groups attached to an aromatic ring is 1. The number of nitriles is 1. The van der Waals surface area contributed by atoms with Crippen molar-refractivity contribution in [2.45, 2.75) is 6.61 Å². The second-order valence-corrected chi connectivity index (χ2v) is 7.10. The molecule has 0 aliphatic heterocycles. The number of nitrogens with two attached hydrogens (primary N) is 1. The molecule has 0 fully saturated rings. The number of imidazole rings is 1. The molecule has 1 aromatic carbocycles. The SMILES string of the molecule is N#Cc1ccncc1-c1ccc2nc(-c3cccnc3N)n(-c3ccc(CO)cc3)c2n1. The molecule has 0 unspecified atom stereocenters. The predicted molar refractivity (Wildman–Crippen MR) is 120 cm³/mol. The average Bonchev–Trinajstić information content (AvgIpc) is 3.22. The molecule has 154 valence electrons. The Labute approximate surface area is 183 Å². The Balaban J connectivity index is 1.80. The molecule has 3 N–H and O–H groups in total. The van der Waals surface area contributed by atoms with Crippen molar-refractivity contribution in [2.24, 2.45) is 0 Å². The molecule has 0 aliphatic rings. The Morgan fingerprint density at radius 1 is 0.969 bits per heavy atom. The van der Waals surface area contributed by atoms with Crippen molar-refractivity contribution in [1.29, 1.82) is 5.26 Å². The number of rotatable bonds is 4. The normalized spacial score (nSPS) is 10.9. The third-order valence-corrected chi connectivity index (χ3v) is 5.18. The molecular weight excluding hydrogens is 402 g/mol. The van der Waals surface area contributed by atoms with Gasteiger partial charge in [0.2, 0.25) is 0 Å². The molecule has 0 saturated heterocycles. The van der Waals surface area contributed by atoms with Crippen LogP contribution in [0.3, 0.4) is 0 Å². The van der Waals surface area contributed by atoms with Gasteiger partial charge in [0, 0.05) is 29.8 Å². The highest BCUT2D eigenvalue weighted by Crippen LogP contribution is 2.32. The van der Waals surface area contributed by atoms with Gasteiger partial charge in [-0.15, -0.1) is 0 Å². The molecule has 0 radical (unpaired) electrons. The van der Waals surface area contributed by atoms with E-state index >= 15 is 0 Å². The van der Waals surface area contributed by atoms with E-state index in [1.807, 2.05) is 47.0 Å². The van der Waals surface area contributed by atoms with Crippen molar-refractivity contribution in [3.63, 3.8) is 0 Å². The molecule has 4 heterocycles. The molecule has 0 amide bonds. The van der Waals surface area contributed by atoms with Gasteiger partial charge in [-0.2, -0.15) is 5.26 Å². The Kier molecular flexibility index (Phi) is 4.78. The molecule has 0 bridgehead atoms. The molecule has 4 aromatic heterocycles. The molecule has 8 nitrogen and oxygen atoms in total. The van der Waals surface area contributed by atoms with Gasteiger partial charge in [0.05, 0.1) is 29.5 Å². The van der Waals surface area contributed by atoms with Gasteiger partial charge in [0.15, 0.2) is 11.5 Å². The summed E-state index contributed by atoms with van der Waals surface area (Å²) in [6.07, 6.45) is 4.84. The standard InChI is InChI=1S/C24H17N7O/c25-12-16-9-11-27-13-19(16)20-7-8-21-24(29-20)31(17-5-3-15(14-32)4-6-17)23(30-21)18-2-1-10-28-22(18)26/h1-11,13,32H,14H2,(H2,26,28). The number of hydrogen-bond acceptors (Lipinski definition) is 7. The van der Waals surface area contributed by atoms with Crippen molar-refractivity contribution < 1.29 is 5.11 Å². The number of fused-ring (bicyclic) bond motifs is 1. The smallest absolute Gasteiger partial charge is 0.165 e. The molecule has 32 heavy (non-hydrogen) atoms. The lowest BCUT2D eigenvalue weighted by Crippen LogP contribution is -2.02. The average molecular weight is 419 g/mol. The number of benzene rings is 1. The number of anilines is 1.